The Balaban J connectivity index is 2.49. The van der Waals surface area contributed by atoms with E-state index < -0.39 is 36.4 Å². The Bertz CT molecular complexity index is 1620. The Morgan fingerprint density at radius 3 is 1.14 bits per heavy atom. The lowest BCUT2D eigenvalue weighted by molar-refractivity contribution is 0.481. The summed E-state index contributed by atoms with van der Waals surface area (Å²) >= 11 is 0. The van der Waals surface area contributed by atoms with Crippen molar-refractivity contribution in [2.75, 3.05) is 0 Å². The highest BCUT2D eigenvalue weighted by atomic mass is 32.2. The van der Waals surface area contributed by atoms with Gasteiger partial charge < -0.3 is 0 Å². The van der Waals surface area contributed by atoms with E-state index in [9.17, 15) is 25.9 Å². The lowest BCUT2D eigenvalue weighted by Crippen LogP contribution is -2.42. The molecule has 0 bridgehead atoms. The van der Waals surface area contributed by atoms with Gasteiger partial charge in [0.05, 0.1) is 16.1 Å². The molecule has 4 aromatic rings. The topological polar surface area (TPSA) is 109 Å². The van der Waals surface area contributed by atoms with E-state index in [-0.39, 0.29) is 20.9 Å². The fourth-order valence-electron chi connectivity index (χ4n) is 4.80. The fraction of sp³-hybridized carbons (Fsp3) is 0.231. The molecule has 2 N–H and O–H groups in total. The molecule has 0 amide bonds. The minimum Gasteiger partial charge on any atom is -0.282 e. The summed E-state index contributed by atoms with van der Waals surface area (Å²) in [5, 5.41) is 3.39. The highest BCUT2D eigenvalue weighted by Gasteiger charge is 2.36. The molecule has 0 radical (unpaired) electrons. The van der Waals surface area contributed by atoms with Crippen LogP contribution in [0, 0.1) is 0 Å². The number of rotatable bonds is 5. The summed E-state index contributed by atoms with van der Waals surface area (Å²) in [6.07, 6.45) is 0. The molecule has 4 rings (SSSR count). The molecule has 0 saturated heterocycles. The van der Waals surface area contributed by atoms with Gasteiger partial charge >= 0.3 is 0 Å². The standard InChI is InChI=1S/C26H30O6S2Si2/c1-35(2,3)21-15-17-11-7-9-13-19(17)23(25(21)33(27,28)29)24-20-14-10-8-12-18(20)16-22(36(4,5)6)26(24)34(30,31)32/h7-16H,1-6H3,(H,27,28,29)(H,30,31,32). The van der Waals surface area contributed by atoms with Gasteiger partial charge in [0, 0.05) is 11.1 Å². The van der Waals surface area contributed by atoms with Gasteiger partial charge in [-0.25, -0.2) is 0 Å². The average molecular weight is 559 g/mol. The maximum Gasteiger partial charge on any atom is 0.295 e. The number of hydrogen-bond donors (Lipinski definition) is 2. The van der Waals surface area contributed by atoms with Crippen LogP contribution in [0.2, 0.25) is 39.3 Å². The first kappa shape index (κ1) is 26.7. The van der Waals surface area contributed by atoms with Crippen molar-refractivity contribution >= 4 is 68.3 Å². The maximum atomic E-state index is 13.1. The Hall–Kier alpha value is -2.35. The second-order valence-corrected chi connectivity index (χ2v) is 23.9. The molecule has 190 valence electrons. The lowest BCUT2D eigenvalue weighted by Gasteiger charge is -2.28. The van der Waals surface area contributed by atoms with Crippen molar-refractivity contribution in [2.45, 2.75) is 49.1 Å². The Labute approximate surface area is 214 Å². The van der Waals surface area contributed by atoms with Gasteiger partial charge in [0.1, 0.15) is 9.79 Å². The van der Waals surface area contributed by atoms with Gasteiger partial charge in [0.25, 0.3) is 20.2 Å². The molecule has 0 aliphatic rings. The van der Waals surface area contributed by atoms with Gasteiger partial charge in [-0.2, -0.15) is 16.8 Å². The minimum atomic E-state index is -4.80. The number of fused-ring (bicyclic) bond motifs is 2. The largest absolute Gasteiger partial charge is 0.295 e. The summed E-state index contributed by atoms with van der Waals surface area (Å²) in [6, 6.07) is 17.8. The van der Waals surface area contributed by atoms with E-state index in [1.807, 2.05) is 63.5 Å². The van der Waals surface area contributed by atoms with Crippen LogP contribution in [-0.2, 0) is 20.2 Å². The molecule has 0 aliphatic carbocycles. The molecular weight excluding hydrogens is 529 g/mol. The van der Waals surface area contributed by atoms with Crippen LogP contribution in [0.15, 0.2) is 70.5 Å². The zero-order chi connectivity index (χ0) is 26.8. The third kappa shape index (κ3) is 4.69. The van der Waals surface area contributed by atoms with E-state index in [2.05, 4.69) is 0 Å². The zero-order valence-electron chi connectivity index (χ0n) is 21.1. The Kier molecular flexibility index (Phi) is 6.39. The molecule has 0 atom stereocenters. The summed E-state index contributed by atoms with van der Waals surface area (Å²) in [5.41, 5.74) is 0.217. The van der Waals surface area contributed by atoms with Crippen LogP contribution in [0.3, 0.4) is 0 Å². The molecule has 10 heteroatoms. The molecule has 0 heterocycles. The average Bonchev–Trinajstić information content (AvgIpc) is 2.74. The van der Waals surface area contributed by atoms with Crippen molar-refractivity contribution in [1.29, 1.82) is 0 Å². The smallest absolute Gasteiger partial charge is 0.282 e. The molecule has 0 aliphatic heterocycles. The molecule has 0 aromatic heterocycles. The van der Waals surface area contributed by atoms with E-state index in [0.717, 1.165) is 10.8 Å². The summed E-state index contributed by atoms with van der Waals surface area (Å²) in [7, 11) is -14.4. The molecule has 0 fully saturated rings. The summed E-state index contributed by atoms with van der Waals surface area (Å²) in [6.45, 7) is 11.8. The molecule has 0 spiro atoms. The van der Waals surface area contributed by atoms with Gasteiger partial charge in [0.15, 0.2) is 0 Å². The van der Waals surface area contributed by atoms with Crippen molar-refractivity contribution < 1.29 is 25.9 Å². The van der Waals surface area contributed by atoms with Gasteiger partial charge in [-0.15, -0.1) is 0 Å². The molecule has 0 unspecified atom stereocenters. The van der Waals surface area contributed by atoms with E-state index in [1.165, 1.54) is 0 Å². The van der Waals surface area contributed by atoms with E-state index in [1.54, 1.807) is 36.4 Å². The van der Waals surface area contributed by atoms with Crippen LogP contribution in [0.1, 0.15) is 0 Å². The van der Waals surface area contributed by atoms with Gasteiger partial charge in [-0.1, -0.05) is 99.9 Å². The monoisotopic (exact) mass is 558 g/mol. The third-order valence-corrected chi connectivity index (χ3v) is 12.6. The Morgan fingerprint density at radius 1 is 0.556 bits per heavy atom. The van der Waals surface area contributed by atoms with Gasteiger partial charge in [-0.3, -0.25) is 9.11 Å². The van der Waals surface area contributed by atoms with Crippen molar-refractivity contribution in [3.63, 3.8) is 0 Å². The first-order valence-electron chi connectivity index (χ1n) is 11.5. The van der Waals surface area contributed by atoms with Crippen molar-refractivity contribution in [3.05, 3.63) is 60.7 Å². The summed E-state index contributed by atoms with van der Waals surface area (Å²) in [4.78, 5) is -0.578. The molecule has 6 nitrogen and oxygen atoms in total. The highest BCUT2D eigenvalue weighted by molar-refractivity contribution is 7.86. The van der Waals surface area contributed by atoms with Crippen LogP contribution in [0.5, 0.6) is 0 Å². The summed E-state index contributed by atoms with van der Waals surface area (Å²) < 4.78 is 73.6. The van der Waals surface area contributed by atoms with E-state index in [0.29, 0.717) is 21.1 Å². The van der Waals surface area contributed by atoms with E-state index >= 15 is 0 Å². The molecular formula is C26H30O6S2Si2. The van der Waals surface area contributed by atoms with Crippen molar-refractivity contribution in [1.82, 2.24) is 0 Å². The first-order chi connectivity index (χ1) is 16.4. The maximum absolute atomic E-state index is 13.1. The van der Waals surface area contributed by atoms with Crippen LogP contribution < -0.4 is 10.4 Å². The quantitative estimate of drug-likeness (QED) is 0.256. The van der Waals surface area contributed by atoms with Crippen molar-refractivity contribution in [3.8, 4) is 11.1 Å². The molecule has 36 heavy (non-hydrogen) atoms. The predicted octanol–water partition coefficient (Wildman–Crippen LogP) is 5.24. The second-order valence-electron chi connectivity index (χ2n) is 11.1. The SMILES string of the molecule is C[Si](C)(C)c1cc2ccccc2c(-c2c(S(=O)(=O)O)c([Si](C)(C)C)cc3ccccc23)c1S(=O)(=O)O. The van der Waals surface area contributed by atoms with Crippen LogP contribution in [0.4, 0.5) is 0 Å². The fourth-order valence-corrected chi connectivity index (χ4v) is 11.8. The highest BCUT2D eigenvalue weighted by Crippen LogP contribution is 2.42. The number of benzene rings is 4. The second kappa shape index (κ2) is 8.61. The zero-order valence-corrected chi connectivity index (χ0v) is 24.8. The van der Waals surface area contributed by atoms with Crippen molar-refractivity contribution in [2.24, 2.45) is 0 Å². The van der Waals surface area contributed by atoms with Crippen LogP contribution in [-0.4, -0.2) is 42.1 Å². The molecule has 0 saturated carbocycles. The van der Waals surface area contributed by atoms with Gasteiger partial charge in [0.2, 0.25) is 0 Å². The minimum absolute atomic E-state index is 0.108. The summed E-state index contributed by atoms with van der Waals surface area (Å²) in [5.74, 6) is 0. The van der Waals surface area contributed by atoms with E-state index in [4.69, 9.17) is 0 Å². The normalized spacial score (nSPS) is 13.4. The first-order valence-corrected chi connectivity index (χ1v) is 21.4. The van der Waals surface area contributed by atoms with Gasteiger partial charge in [-0.05, 0) is 31.9 Å². The molecule has 4 aromatic carbocycles. The van der Waals surface area contributed by atoms with Crippen LogP contribution in [0.25, 0.3) is 32.7 Å². The number of hydrogen-bond acceptors (Lipinski definition) is 4. The van der Waals surface area contributed by atoms with Crippen LogP contribution >= 0.6 is 0 Å². The lowest BCUT2D eigenvalue weighted by atomic mass is 9.93. The predicted molar refractivity (Wildman–Crippen MR) is 152 cm³/mol. The third-order valence-electron chi connectivity index (χ3n) is 6.39. The Morgan fingerprint density at radius 2 is 0.861 bits per heavy atom.